The third-order valence-corrected chi connectivity index (χ3v) is 9.03. The number of phenolic OH excluding ortho intramolecular Hbond substituents is 1. The number of carbonyl (C=O) groups excluding carboxylic acids is 1. The number of rotatable bonds is 8. The minimum Gasteiger partial charge on any atom is -0.508 e. The molecule has 2 heterocycles. The maximum Gasteiger partial charge on any atom is 0.341 e. The first kappa shape index (κ1) is 35.1. The van der Waals surface area contributed by atoms with Crippen LogP contribution in [0.4, 0.5) is 11.9 Å². The van der Waals surface area contributed by atoms with Crippen molar-refractivity contribution < 1.29 is 29.3 Å². The average Bonchev–Trinajstić information content (AvgIpc) is 3.04. The highest BCUT2D eigenvalue weighted by molar-refractivity contribution is 5.92. The van der Waals surface area contributed by atoms with Crippen LogP contribution in [0.3, 0.4) is 0 Å². The van der Waals surface area contributed by atoms with Crippen LogP contribution in [0.1, 0.15) is 85.5 Å². The van der Waals surface area contributed by atoms with E-state index in [4.69, 9.17) is 9.47 Å². The van der Waals surface area contributed by atoms with Gasteiger partial charge in [0.15, 0.2) is 0 Å². The van der Waals surface area contributed by atoms with Crippen LogP contribution in [-0.2, 0) is 30.4 Å². The van der Waals surface area contributed by atoms with E-state index >= 15 is 0 Å². The third-order valence-electron chi connectivity index (χ3n) is 9.03. The Labute approximate surface area is 286 Å². The molecular weight excluding hydrogens is 624 g/mol. The molecule has 4 aromatic rings. The fourth-order valence-corrected chi connectivity index (χ4v) is 6.70. The number of aromatic nitrogens is 4. The number of carboxylic acid groups (broad SMARTS) is 1. The van der Waals surface area contributed by atoms with Crippen LogP contribution in [-0.4, -0.2) is 67.9 Å². The van der Waals surface area contributed by atoms with E-state index in [-0.39, 0.29) is 23.6 Å². The number of methoxy groups -OCH3 is 1. The molecule has 2 aliphatic rings. The number of fused-ring (bicyclic) bond motifs is 2. The Morgan fingerprint density at radius 1 is 0.776 bits per heavy atom. The maximum atomic E-state index is 12.1. The zero-order valence-corrected chi connectivity index (χ0v) is 28.9. The van der Waals surface area contributed by atoms with Crippen LogP contribution in [0.15, 0.2) is 36.4 Å². The van der Waals surface area contributed by atoms with Gasteiger partial charge in [0, 0.05) is 12.1 Å². The van der Waals surface area contributed by atoms with Crippen molar-refractivity contribution in [2.75, 3.05) is 24.4 Å². The summed E-state index contributed by atoms with van der Waals surface area (Å²) in [5.41, 5.74) is 7.50. The van der Waals surface area contributed by atoms with Crippen LogP contribution in [0, 0.1) is 27.7 Å². The van der Waals surface area contributed by atoms with Crippen LogP contribution in [0.5, 0.6) is 11.5 Å². The second-order valence-corrected chi connectivity index (χ2v) is 12.4. The Balaban J connectivity index is 0.000000192. The van der Waals surface area contributed by atoms with Gasteiger partial charge in [-0.05, 0) is 108 Å². The zero-order valence-electron chi connectivity index (χ0n) is 28.9. The fraction of sp³-hybridized carbons (Fsp3) is 0.405. The molecule has 0 spiro atoms. The van der Waals surface area contributed by atoms with Crippen molar-refractivity contribution in [3.8, 4) is 11.5 Å². The highest BCUT2D eigenvalue weighted by Crippen LogP contribution is 2.31. The molecular formula is C37H44N6O6. The summed E-state index contributed by atoms with van der Waals surface area (Å²) in [5.74, 6) is 0.863. The lowest BCUT2D eigenvalue weighted by Crippen LogP contribution is -2.29. The van der Waals surface area contributed by atoms with Gasteiger partial charge in [-0.25, -0.2) is 29.5 Å². The van der Waals surface area contributed by atoms with E-state index in [1.807, 2.05) is 38.1 Å². The van der Waals surface area contributed by atoms with Crippen molar-refractivity contribution in [3.63, 3.8) is 0 Å². The van der Waals surface area contributed by atoms with Crippen molar-refractivity contribution in [1.29, 1.82) is 0 Å². The summed E-state index contributed by atoms with van der Waals surface area (Å²) in [6.07, 6.45) is 5.35. The van der Waals surface area contributed by atoms with E-state index < -0.39 is 5.97 Å². The van der Waals surface area contributed by atoms with E-state index in [0.29, 0.717) is 59.0 Å². The first-order valence-electron chi connectivity index (χ1n) is 16.6. The van der Waals surface area contributed by atoms with Gasteiger partial charge in [0.2, 0.25) is 11.9 Å². The van der Waals surface area contributed by atoms with Gasteiger partial charge in [-0.3, -0.25) is 0 Å². The van der Waals surface area contributed by atoms with Crippen molar-refractivity contribution in [2.45, 2.75) is 85.2 Å². The number of carbonyl (C=O) groups is 2. The topological polar surface area (TPSA) is 169 Å². The molecule has 2 aromatic heterocycles. The smallest absolute Gasteiger partial charge is 0.341 e. The number of hydrogen-bond acceptors (Lipinski definition) is 11. The van der Waals surface area contributed by atoms with E-state index in [1.54, 1.807) is 33.9 Å². The standard InChI is InChI=1S/C20H25N3O3.C17H19N3O3/c1-5-26-19(24)18-12(2)21-20(22-13(18)3)23-15-10-9-14-7-6-8-17(25-4)16(14)11-15;1-9-15(16(22)23)10(2)19-17(18-9)20-12-7-6-11-4-3-5-14(21)13(11)8-12/h6-8,15H,5,9-11H2,1-4H3,(H,21,22,23);3-5,12,21H,6-8H2,1-2H3,(H,22,23)(H,18,19,20). The van der Waals surface area contributed by atoms with Crippen molar-refractivity contribution in [3.05, 3.63) is 92.6 Å². The molecule has 12 heteroatoms. The largest absolute Gasteiger partial charge is 0.508 e. The number of aryl methyl sites for hydroxylation is 6. The summed E-state index contributed by atoms with van der Waals surface area (Å²) in [6.45, 7) is 9.09. The number of aromatic carboxylic acids is 1. The molecule has 12 nitrogen and oxygen atoms in total. The normalized spacial score (nSPS) is 16.3. The summed E-state index contributed by atoms with van der Waals surface area (Å²) in [6, 6.07) is 12.1. The molecule has 0 saturated carbocycles. The molecule has 2 aliphatic carbocycles. The minimum atomic E-state index is -1.01. The Hall–Kier alpha value is -5.26. The van der Waals surface area contributed by atoms with Crippen molar-refractivity contribution in [1.82, 2.24) is 19.9 Å². The highest BCUT2D eigenvalue weighted by atomic mass is 16.5. The van der Waals surface area contributed by atoms with E-state index in [1.165, 1.54) is 16.7 Å². The molecule has 4 N–H and O–H groups in total. The molecule has 6 rings (SSSR count). The first-order chi connectivity index (χ1) is 23.5. The molecule has 0 aliphatic heterocycles. The van der Waals surface area contributed by atoms with E-state index in [0.717, 1.165) is 43.4 Å². The summed E-state index contributed by atoms with van der Waals surface area (Å²) in [7, 11) is 1.70. The van der Waals surface area contributed by atoms with Gasteiger partial charge in [0.25, 0.3) is 0 Å². The van der Waals surface area contributed by atoms with Crippen LogP contribution >= 0.6 is 0 Å². The molecule has 0 bridgehead atoms. The molecule has 0 radical (unpaired) electrons. The zero-order chi connectivity index (χ0) is 35.2. The van der Waals surface area contributed by atoms with Gasteiger partial charge in [-0.1, -0.05) is 24.3 Å². The minimum absolute atomic E-state index is 0.116. The van der Waals surface area contributed by atoms with Crippen LogP contribution in [0.2, 0.25) is 0 Å². The van der Waals surface area contributed by atoms with Crippen LogP contribution < -0.4 is 15.4 Å². The lowest BCUT2D eigenvalue weighted by atomic mass is 9.87. The van der Waals surface area contributed by atoms with Crippen molar-refractivity contribution >= 4 is 23.8 Å². The SMILES string of the molecule is CCOC(=O)c1c(C)nc(NC2CCc3cccc(OC)c3C2)nc1C.Cc1nc(NC2CCc3cccc(O)c3C2)nc(C)c1C(=O)O. The monoisotopic (exact) mass is 668 g/mol. The Morgan fingerprint density at radius 3 is 1.78 bits per heavy atom. The lowest BCUT2D eigenvalue weighted by Gasteiger charge is -2.27. The summed E-state index contributed by atoms with van der Waals surface area (Å²) in [5, 5.41) is 25.9. The predicted molar refractivity (Wildman–Crippen MR) is 186 cm³/mol. The summed E-state index contributed by atoms with van der Waals surface area (Å²) < 4.78 is 10.6. The van der Waals surface area contributed by atoms with Gasteiger partial charge in [0.1, 0.15) is 22.6 Å². The fourth-order valence-electron chi connectivity index (χ4n) is 6.70. The van der Waals surface area contributed by atoms with E-state index in [2.05, 4.69) is 36.6 Å². The van der Waals surface area contributed by atoms with Gasteiger partial charge in [0.05, 0.1) is 36.5 Å². The number of esters is 1. The number of ether oxygens (including phenoxy) is 2. The second-order valence-electron chi connectivity index (χ2n) is 12.4. The number of nitrogens with one attached hydrogen (secondary N) is 2. The molecule has 0 amide bonds. The Morgan fingerprint density at radius 2 is 1.27 bits per heavy atom. The van der Waals surface area contributed by atoms with Gasteiger partial charge >= 0.3 is 11.9 Å². The quantitative estimate of drug-likeness (QED) is 0.169. The number of carboxylic acids is 1. The number of nitrogens with zero attached hydrogens (tertiary/aromatic N) is 4. The molecule has 258 valence electrons. The van der Waals surface area contributed by atoms with Crippen molar-refractivity contribution in [2.24, 2.45) is 0 Å². The number of hydrogen-bond donors (Lipinski definition) is 4. The molecule has 2 unspecified atom stereocenters. The van der Waals surface area contributed by atoms with Crippen LogP contribution in [0.25, 0.3) is 0 Å². The predicted octanol–water partition coefficient (Wildman–Crippen LogP) is 5.71. The van der Waals surface area contributed by atoms with Gasteiger partial charge in [-0.2, -0.15) is 0 Å². The van der Waals surface area contributed by atoms with Gasteiger partial charge < -0.3 is 30.3 Å². The molecule has 49 heavy (non-hydrogen) atoms. The molecule has 2 atom stereocenters. The molecule has 0 fully saturated rings. The highest BCUT2D eigenvalue weighted by Gasteiger charge is 2.25. The lowest BCUT2D eigenvalue weighted by molar-refractivity contribution is 0.0523. The summed E-state index contributed by atoms with van der Waals surface area (Å²) in [4.78, 5) is 40.7. The van der Waals surface area contributed by atoms with E-state index in [9.17, 15) is 19.8 Å². The number of aromatic hydroxyl groups is 1. The molecule has 0 saturated heterocycles. The number of phenols is 1. The number of anilines is 2. The number of benzene rings is 2. The second kappa shape index (κ2) is 15.3. The first-order valence-corrected chi connectivity index (χ1v) is 16.6. The van der Waals surface area contributed by atoms with Gasteiger partial charge in [-0.15, -0.1) is 0 Å². The Bertz CT molecular complexity index is 1800. The summed E-state index contributed by atoms with van der Waals surface area (Å²) >= 11 is 0. The maximum absolute atomic E-state index is 12.1. The average molecular weight is 669 g/mol. The molecule has 2 aromatic carbocycles. The Kier molecular flexibility index (Phi) is 11.0. The third kappa shape index (κ3) is 8.07.